The molecule has 2 aliphatic heterocycles. The molecule has 0 saturated carbocycles. The van der Waals surface area contributed by atoms with Crippen LogP contribution in [0, 0.1) is 5.82 Å². The van der Waals surface area contributed by atoms with Crippen molar-refractivity contribution in [1.29, 1.82) is 0 Å². The summed E-state index contributed by atoms with van der Waals surface area (Å²) in [6.07, 6.45) is 4.52. The molecule has 0 aromatic heterocycles. The SMILES string of the molecule is O=C1CCCN1CCCOc1cccc(CN2CCC[C@@](O)(COc3ccccc3F)CC2)c1. The second-order valence-corrected chi connectivity index (χ2v) is 9.41. The molecular weight excluding hydrogens is 435 g/mol. The topological polar surface area (TPSA) is 62.2 Å². The number of ether oxygens (including phenoxy) is 2. The molecule has 1 amide bonds. The Hall–Kier alpha value is -2.64. The maximum Gasteiger partial charge on any atom is 0.222 e. The number of carbonyl (C=O) groups is 1. The van der Waals surface area contributed by atoms with Gasteiger partial charge in [0.05, 0.1) is 12.2 Å². The highest BCUT2D eigenvalue weighted by Crippen LogP contribution is 2.26. The lowest BCUT2D eigenvalue weighted by Crippen LogP contribution is -2.37. The van der Waals surface area contributed by atoms with Gasteiger partial charge in [-0.25, -0.2) is 4.39 Å². The van der Waals surface area contributed by atoms with Crippen LogP contribution in [0.2, 0.25) is 0 Å². The minimum absolute atomic E-state index is 0.0914. The van der Waals surface area contributed by atoms with E-state index in [0.717, 1.165) is 57.7 Å². The van der Waals surface area contributed by atoms with Crippen molar-refractivity contribution >= 4 is 5.91 Å². The van der Waals surface area contributed by atoms with Gasteiger partial charge in [0.1, 0.15) is 12.4 Å². The molecule has 2 heterocycles. The van der Waals surface area contributed by atoms with Crippen molar-refractivity contribution in [2.75, 3.05) is 39.4 Å². The van der Waals surface area contributed by atoms with Crippen molar-refractivity contribution < 1.29 is 23.8 Å². The molecule has 2 aromatic rings. The molecule has 184 valence electrons. The Morgan fingerprint density at radius 2 is 1.88 bits per heavy atom. The third-order valence-electron chi connectivity index (χ3n) is 6.66. The normalized spacial score (nSPS) is 21.5. The van der Waals surface area contributed by atoms with E-state index >= 15 is 0 Å². The van der Waals surface area contributed by atoms with Gasteiger partial charge in [-0.15, -0.1) is 0 Å². The summed E-state index contributed by atoms with van der Waals surface area (Å²) in [5, 5.41) is 11.0. The fourth-order valence-electron chi connectivity index (χ4n) is 4.69. The summed E-state index contributed by atoms with van der Waals surface area (Å²) in [5.41, 5.74) is 0.207. The molecule has 0 aliphatic carbocycles. The predicted octanol–water partition coefficient (Wildman–Crippen LogP) is 4.01. The van der Waals surface area contributed by atoms with Crippen LogP contribution in [0.15, 0.2) is 48.5 Å². The van der Waals surface area contributed by atoms with Gasteiger partial charge in [0.25, 0.3) is 0 Å². The first-order chi connectivity index (χ1) is 16.5. The molecule has 0 bridgehead atoms. The van der Waals surface area contributed by atoms with E-state index in [1.807, 2.05) is 17.0 Å². The number of carbonyl (C=O) groups excluding carboxylic acids is 1. The lowest BCUT2D eigenvalue weighted by molar-refractivity contribution is -0.127. The van der Waals surface area contributed by atoms with Crippen molar-refractivity contribution in [2.45, 2.75) is 50.7 Å². The van der Waals surface area contributed by atoms with Crippen LogP contribution in [0.3, 0.4) is 0 Å². The number of aliphatic hydroxyl groups is 1. The van der Waals surface area contributed by atoms with Crippen molar-refractivity contribution in [2.24, 2.45) is 0 Å². The van der Waals surface area contributed by atoms with Gasteiger partial charge >= 0.3 is 0 Å². The van der Waals surface area contributed by atoms with E-state index in [4.69, 9.17) is 9.47 Å². The third kappa shape index (κ3) is 6.93. The molecule has 2 aromatic carbocycles. The van der Waals surface area contributed by atoms with E-state index in [1.54, 1.807) is 18.2 Å². The number of nitrogens with zero attached hydrogens (tertiary/aromatic N) is 2. The van der Waals surface area contributed by atoms with E-state index in [-0.39, 0.29) is 18.3 Å². The van der Waals surface area contributed by atoms with Crippen molar-refractivity contribution in [3.05, 3.63) is 59.9 Å². The quantitative estimate of drug-likeness (QED) is 0.532. The van der Waals surface area contributed by atoms with Gasteiger partial charge in [0, 0.05) is 32.6 Å². The number of halogens is 1. The van der Waals surface area contributed by atoms with Crippen molar-refractivity contribution in [1.82, 2.24) is 9.80 Å². The largest absolute Gasteiger partial charge is 0.494 e. The lowest BCUT2D eigenvalue weighted by Gasteiger charge is -2.27. The highest BCUT2D eigenvalue weighted by Gasteiger charge is 2.31. The molecule has 0 radical (unpaired) electrons. The van der Waals surface area contributed by atoms with Gasteiger partial charge in [-0.3, -0.25) is 9.69 Å². The van der Waals surface area contributed by atoms with Crippen LogP contribution in [-0.2, 0) is 11.3 Å². The average Bonchev–Trinajstić information content (AvgIpc) is 3.15. The summed E-state index contributed by atoms with van der Waals surface area (Å²) in [6, 6.07) is 14.4. The van der Waals surface area contributed by atoms with Gasteiger partial charge in [0.2, 0.25) is 5.91 Å². The smallest absolute Gasteiger partial charge is 0.222 e. The number of benzene rings is 2. The monoisotopic (exact) mass is 470 g/mol. The second kappa shape index (κ2) is 11.7. The molecule has 0 unspecified atom stereocenters. The van der Waals surface area contributed by atoms with Crippen molar-refractivity contribution in [3.63, 3.8) is 0 Å². The Bertz CT molecular complexity index is 956. The number of amides is 1. The van der Waals surface area contributed by atoms with Gasteiger partial charge in [-0.1, -0.05) is 24.3 Å². The van der Waals surface area contributed by atoms with Gasteiger partial charge in [-0.05, 0) is 68.5 Å². The van der Waals surface area contributed by atoms with Crippen LogP contribution < -0.4 is 9.47 Å². The van der Waals surface area contributed by atoms with Crippen LogP contribution >= 0.6 is 0 Å². The number of hydrogen-bond acceptors (Lipinski definition) is 5. The second-order valence-electron chi connectivity index (χ2n) is 9.41. The van der Waals surface area contributed by atoms with Crippen LogP contribution in [0.25, 0.3) is 0 Å². The van der Waals surface area contributed by atoms with E-state index in [1.165, 1.54) is 11.6 Å². The molecule has 7 heteroatoms. The van der Waals surface area contributed by atoms with Crippen molar-refractivity contribution in [3.8, 4) is 11.5 Å². The molecule has 34 heavy (non-hydrogen) atoms. The standard InChI is InChI=1S/C27H35FN2O4/c28-24-9-1-2-10-25(24)34-21-27(32)12-5-14-29(17-13-27)20-22-7-3-8-23(19-22)33-18-6-16-30-15-4-11-26(30)31/h1-3,7-10,19,32H,4-6,11-18,20-21H2/t27-/m0/s1. The van der Waals surface area contributed by atoms with Gasteiger partial charge in [0.15, 0.2) is 11.6 Å². The fourth-order valence-corrected chi connectivity index (χ4v) is 4.69. The summed E-state index contributed by atoms with van der Waals surface area (Å²) in [5.74, 6) is 0.869. The van der Waals surface area contributed by atoms with E-state index in [9.17, 15) is 14.3 Å². The molecule has 1 N–H and O–H groups in total. The summed E-state index contributed by atoms with van der Waals surface area (Å²) in [4.78, 5) is 15.9. The highest BCUT2D eigenvalue weighted by molar-refractivity contribution is 5.77. The fraction of sp³-hybridized carbons (Fsp3) is 0.519. The maximum absolute atomic E-state index is 13.8. The summed E-state index contributed by atoms with van der Waals surface area (Å²) >= 11 is 0. The summed E-state index contributed by atoms with van der Waals surface area (Å²) < 4.78 is 25.4. The molecule has 2 aliphatic rings. The van der Waals surface area contributed by atoms with E-state index in [0.29, 0.717) is 25.9 Å². The zero-order valence-corrected chi connectivity index (χ0v) is 19.8. The highest BCUT2D eigenvalue weighted by atomic mass is 19.1. The van der Waals surface area contributed by atoms with Crippen LogP contribution in [0.4, 0.5) is 4.39 Å². The predicted molar refractivity (Wildman–Crippen MR) is 128 cm³/mol. The number of likely N-dealkylation sites (tertiary alicyclic amines) is 2. The molecule has 1 atom stereocenters. The van der Waals surface area contributed by atoms with Gasteiger partial charge < -0.3 is 19.5 Å². The Labute approximate surface area is 201 Å². The number of hydrogen-bond donors (Lipinski definition) is 1. The van der Waals surface area contributed by atoms with Crippen LogP contribution in [-0.4, -0.2) is 65.8 Å². The summed E-state index contributed by atoms with van der Waals surface area (Å²) in [7, 11) is 0. The maximum atomic E-state index is 13.8. The third-order valence-corrected chi connectivity index (χ3v) is 6.66. The number of para-hydroxylation sites is 1. The Kier molecular flexibility index (Phi) is 8.40. The molecule has 4 rings (SSSR count). The minimum Gasteiger partial charge on any atom is -0.494 e. The lowest BCUT2D eigenvalue weighted by atomic mass is 9.96. The minimum atomic E-state index is -0.960. The average molecular weight is 471 g/mol. The Balaban J connectivity index is 1.22. The molecule has 6 nitrogen and oxygen atoms in total. The van der Waals surface area contributed by atoms with E-state index in [2.05, 4.69) is 17.0 Å². The zero-order chi connectivity index (χ0) is 23.8. The first-order valence-corrected chi connectivity index (χ1v) is 12.3. The first kappa shape index (κ1) is 24.5. The van der Waals surface area contributed by atoms with Crippen LogP contribution in [0.5, 0.6) is 11.5 Å². The number of rotatable bonds is 10. The first-order valence-electron chi connectivity index (χ1n) is 12.3. The summed E-state index contributed by atoms with van der Waals surface area (Å²) in [6.45, 7) is 4.72. The van der Waals surface area contributed by atoms with Crippen LogP contribution in [0.1, 0.15) is 44.1 Å². The Morgan fingerprint density at radius 3 is 2.71 bits per heavy atom. The van der Waals surface area contributed by atoms with E-state index < -0.39 is 11.4 Å². The molecule has 0 spiro atoms. The molecule has 2 saturated heterocycles. The van der Waals surface area contributed by atoms with Gasteiger partial charge in [-0.2, -0.15) is 0 Å². The Morgan fingerprint density at radius 1 is 1.00 bits per heavy atom. The molecule has 2 fully saturated rings. The molecular formula is C27H35FN2O4. The zero-order valence-electron chi connectivity index (χ0n) is 19.8.